The van der Waals surface area contributed by atoms with E-state index in [-0.39, 0.29) is 5.78 Å². The molecule has 1 N–H and O–H groups in total. The number of anilines is 1. The van der Waals surface area contributed by atoms with Gasteiger partial charge in [-0.15, -0.1) is 0 Å². The molecule has 0 bridgehead atoms. The summed E-state index contributed by atoms with van der Waals surface area (Å²) in [6, 6.07) is 7.97. The number of nitrogens with one attached hydrogen (secondary N) is 1. The second-order valence-corrected chi connectivity index (χ2v) is 5.02. The Morgan fingerprint density at radius 3 is 2.37 bits per heavy atom. The Hall–Kier alpha value is -1.84. The van der Waals surface area contributed by atoms with Crippen molar-refractivity contribution < 1.29 is 4.79 Å². The fraction of sp³-hybridized carbons (Fsp3) is 0.467. The van der Waals surface area contributed by atoms with Crippen LogP contribution >= 0.6 is 0 Å². The van der Waals surface area contributed by atoms with Crippen LogP contribution in [0.25, 0.3) is 0 Å². The molecule has 0 spiro atoms. The number of carbonyl (C=O) groups excluding carboxylic acids is 1. The zero-order valence-corrected chi connectivity index (χ0v) is 11.6. The number of benzene rings is 1. The lowest BCUT2D eigenvalue weighted by atomic mass is 10.1. The Morgan fingerprint density at radius 2 is 1.79 bits per heavy atom. The molecule has 1 aromatic carbocycles. The van der Waals surface area contributed by atoms with Gasteiger partial charge in [-0.2, -0.15) is 5.10 Å². The van der Waals surface area contributed by atoms with Crippen LogP contribution in [0.2, 0.25) is 0 Å². The molecule has 2 rings (SSSR count). The third-order valence-electron chi connectivity index (χ3n) is 3.31. The largest absolute Gasteiger partial charge is 0.352 e. The molecule has 0 amide bonds. The van der Waals surface area contributed by atoms with Gasteiger partial charge in [0.1, 0.15) is 0 Å². The summed E-state index contributed by atoms with van der Waals surface area (Å²) < 4.78 is 0. The van der Waals surface area contributed by atoms with E-state index in [1.807, 2.05) is 31.2 Å². The molecule has 1 aliphatic heterocycles. The summed E-state index contributed by atoms with van der Waals surface area (Å²) in [6.07, 6.45) is 3.51. The maximum atomic E-state index is 11.7. The van der Waals surface area contributed by atoms with Crippen LogP contribution in [-0.2, 0) is 4.79 Å². The van der Waals surface area contributed by atoms with Crippen molar-refractivity contribution in [3.63, 3.8) is 0 Å². The Labute approximate surface area is 114 Å². The molecule has 0 saturated carbocycles. The van der Waals surface area contributed by atoms with Crippen LogP contribution in [0.15, 0.2) is 29.4 Å². The minimum Gasteiger partial charge on any atom is -0.352 e. The number of rotatable bonds is 3. The van der Waals surface area contributed by atoms with E-state index in [1.165, 1.54) is 12.0 Å². The van der Waals surface area contributed by atoms with Crippen molar-refractivity contribution in [2.45, 2.75) is 33.1 Å². The van der Waals surface area contributed by atoms with E-state index >= 15 is 0 Å². The Kier molecular flexibility index (Phi) is 4.55. The van der Waals surface area contributed by atoms with E-state index < -0.39 is 0 Å². The SMILES string of the molecule is CC(=O)C(=NNc1ccc(C)cc1)N1CCCCC1. The first-order valence-electron chi connectivity index (χ1n) is 6.83. The average molecular weight is 259 g/mol. The lowest BCUT2D eigenvalue weighted by Gasteiger charge is -2.28. The number of nitrogens with zero attached hydrogens (tertiary/aromatic N) is 2. The van der Waals surface area contributed by atoms with Crippen molar-refractivity contribution in [1.29, 1.82) is 0 Å². The first-order valence-corrected chi connectivity index (χ1v) is 6.83. The smallest absolute Gasteiger partial charge is 0.196 e. The van der Waals surface area contributed by atoms with E-state index in [1.54, 1.807) is 6.92 Å². The zero-order chi connectivity index (χ0) is 13.7. The van der Waals surface area contributed by atoms with E-state index in [4.69, 9.17) is 0 Å². The summed E-state index contributed by atoms with van der Waals surface area (Å²) in [5.41, 5.74) is 5.09. The first-order chi connectivity index (χ1) is 9.16. The number of carbonyl (C=O) groups is 1. The molecule has 0 radical (unpaired) electrons. The Balaban J connectivity index is 2.07. The van der Waals surface area contributed by atoms with Crippen LogP contribution in [-0.4, -0.2) is 29.6 Å². The monoisotopic (exact) mass is 259 g/mol. The third-order valence-corrected chi connectivity index (χ3v) is 3.31. The molecule has 0 aromatic heterocycles. The summed E-state index contributed by atoms with van der Waals surface area (Å²) in [5, 5.41) is 4.29. The van der Waals surface area contributed by atoms with Crippen LogP contribution in [0.4, 0.5) is 5.69 Å². The lowest BCUT2D eigenvalue weighted by Crippen LogP contribution is -2.39. The van der Waals surface area contributed by atoms with Crippen LogP contribution in [0.1, 0.15) is 31.7 Å². The van der Waals surface area contributed by atoms with Gasteiger partial charge in [0.15, 0.2) is 11.6 Å². The summed E-state index contributed by atoms with van der Waals surface area (Å²) in [6.45, 7) is 5.47. The van der Waals surface area contributed by atoms with Gasteiger partial charge < -0.3 is 4.90 Å². The van der Waals surface area contributed by atoms with E-state index in [0.717, 1.165) is 31.6 Å². The maximum Gasteiger partial charge on any atom is 0.196 e. The molecule has 19 heavy (non-hydrogen) atoms. The Bertz CT molecular complexity index is 459. The van der Waals surface area contributed by atoms with Crippen molar-refractivity contribution in [2.24, 2.45) is 5.10 Å². The quantitative estimate of drug-likeness (QED) is 0.516. The first kappa shape index (κ1) is 13.6. The molecule has 4 heteroatoms. The molecule has 0 atom stereocenters. The molecular formula is C15H21N3O. The van der Waals surface area contributed by atoms with Crippen LogP contribution in [0, 0.1) is 6.92 Å². The number of piperidine rings is 1. The second-order valence-electron chi connectivity index (χ2n) is 5.02. The summed E-state index contributed by atoms with van der Waals surface area (Å²) >= 11 is 0. The zero-order valence-electron chi connectivity index (χ0n) is 11.6. The number of aryl methyl sites for hydroxylation is 1. The number of likely N-dealkylation sites (tertiary alicyclic amines) is 1. The van der Waals surface area contributed by atoms with Crippen LogP contribution in [0.5, 0.6) is 0 Å². The van der Waals surface area contributed by atoms with Gasteiger partial charge in [-0.3, -0.25) is 10.2 Å². The number of hydrogen-bond donors (Lipinski definition) is 1. The number of ketones is 1. The number of Topliss-reactive ketones (excluding diaryl/α,β-unsaturated/α-hetero) is 1. The summed E-state index contributed by atoms with van der Waals surface area (Å²) in [7, 11) is 0. The summed E-state index contributed by atoms with van der Waals surface area (Å²) in [4.78, 5) is 13.8. The van der Waals surface area contributed by atoms with E-state index in [9.17, 15) is 4.79 Å². The summed E-state index contributed by atoms with van der Waals surface area (Å²) in [5.74, 6) is 0.557. The molecule has 1 aliphatic rings. The molecular weight excluding hydrogens is 238 g/mol. The van der Waals surface area contributed by atoms with Gasteiger partial charge in [0, 0.05) is 20.0 Å². The van der Waals surface area contributed by atoms with Gasteiger partial charge in [-0.25, -0.2) is 0 Å². The van der Waals surface area contributed by atoms with Crippen molar-refractivity contribution in [1.82, 2.24) is 4.90 Å². The van der Waals surface area contributed by atoms with Gasteiger partial charge in [0.05, 0.1) is 5.69 Å². The topological polar surface area (TPSA) is 44.7 Å². The number of amidine groups is 1. The highest BCUT2D eigenvalue weighted by atomic mass is 16.1. The van der Waals surface area contributed by atoms with Crippen molar-refractivity contribution in [3.05, 3.63) is 29.8 Å². The van der Waals surface area contributed by atoms with Gasteiger partial charge >= 0.3 is 0 Å². The minimum atomic E-state index is 0.0153. The van der Waals surface area contributed by atoms with Gasteiger partial charge in [-0.05, 0) is 38.3 Å². The third kappa shape index (κ3) is 3.81. The molecule has 1 aromatic rings. The number of hydrogen-bond acceptors (Lipinski definition) is 3. The number of hydrazone groups is 1. The van der Waals surface area contributed by atoms with Gasteiger partial charge in [0.2, 0.25) is 0 Å². The minimum absolute atomic E-state index is 0.0153. The average Bonchev–Trinajstić information content (AvgIpc) is 2.42. The second kappa shape index (κ2) is 6.36. The highest BCUT2D eigenvalue weighted by molar-refractivity contribution is 6.37. The Morgan fingerprint density at radius 1 is 1.16 bits per heavy atom. The fourth-order valence-electron chi connectivity index (χ4n) is 2.22. The van der Waals surface area contributed by atoms with Crippen molar-refractivity contribution in [2.75, 3.05) is 18.5 Å². The standard InChI is InChI=1S/C15H21N3O/c1-12-6-8-14(9-7-12)16-17-15(13(2)19)18-10-4-3-5-11-18/h6-9,16H,3-5,10-11H2,1-2H3. The molecule has 1 saturated heterocycles. The molecule has 102 valence electrons. The van der Waals surface area contributed by atoms with Gasteiger partial charge in [-0.1, -0.05) is 17.7 Å². The van der Waals surface area contributed by atoms with Crippen LogP contribution < -0.4 is 5.43 Å². The molecule has 0 aliphatic carbocycles. The van der Waals surface area contributed by atoms with Crippen molar-refractivity contribution in [3.8, 4) is 0 Å². The van der Waals surface area contributed by atoms with Crippen molar-refractivity contribution >= 4 is 17.3 Å². The molecule has 1 fully saturated rings. The van der Waals surface area contributed by atoms with E-state index in [0.29, 0.717) is 5.84 Å². The predicted molar refractivity (Wildman–Crippen MR) is 78.3 cm³/mol. The maximum absolute atomic E-state index is 11.7. The molecule has 0 unspecified atom stereocenters. The van der Waals surface area contributed by atoms with E-state index in [2.05, 4.69) is 15.4 Å². The molecule has 4 nitrogen and oxygen atoms in total. The fourth-order valence-corrected chi connectivity index (χ4v) is 2.22. The van der Waals surface area contributed by atoms with Crippen LogP contribution in [0.3, 0.4) is 0 Å². The lowest BCUT2D eigenvalue weighted by molar-refractivity contribution is -0.111. The normalized spacial score (nSPS) is 16.3. The highest BCUT2D eigenvalue weighted by Gasteiger charge is 2.18. The predicted octanol–water partition coefficient (Wildman–Crippen LogP) is 2.80. The highest BCUT2D eigenvalue weighted by Crippen LogP contribution is 2.12. The van der Waals surface area contributed by atoms with Gasteiger partial charge in [0.25, 0.3) is 0 Å². The molecule has 1 heterocycles.